The molecule has 0 saturated carbocycles. The first kappa shape index (κ1) is 16.1. The number of rotatable bonds is 4. The first-order chi connectivity index (χ1) is 12.6. The summed E-state index contributed by atoms with van der Waals surface area (Å²) >= 11 is 0. The van der Waals surface area contributed by atoms with Gasteiger partial charge in [-0.3, -0.25) is 4.79 Å². The Bertz CT molecular complexity index is 1060. The maximum atomic E-state index is 12.4. The van der Waals surface area contributed by atoms with Gasteiger partial charge in [-0.1, -0.05) is 6.07 Å². The van der Waals surface area contributed by atoms with Gasteiger partial charge in [0.25, 0.3) is 5.91 Å². The highest BCUT2D eigenvalue weighted by Gasteiger charge is 2.08. The fourth-order valence-electron chi connectivity index (χ4n) is 3.05. The number of aryl methyl sites for hydroxylation is 2. The molecule has 5 nitrogen and oxygen atoms in total. The van der Waals surface area contributed by atoms with Crippen molar-refractivity contribution in [2.24, 2.45) is 7.05 Å². The minimum absolute atomic E-state index is 0.0821. The molecule has 0 bridgehead atoms. The summed E-state index contributed by atoms with van der Waals surface area (Å²) in [6.45, 7) is 2.46. The second-order valence-corrected chi connectivity index (χ2v) is 6.36. The normalized spacial score (nSPS) is 11.0. The number of imidazole rings is 1. The van der Waals surface area contributed by atoms with E-state index >= 15 is 0 Å². The molecule has 0 unspecified atom stereocenters. The van der Waals surface area contributed by atoms with Crippen LogP contribution in [0.2, 0.25) is 0 Å². The Morgan fingerprint density at radius 2 is 1.81 bits per heavy atom. The van der Waals surface area contributed by atoms with Gasteiger partial charge in [0, 0.05) is 37.2 Å². The van der Waals surface area contributed by atoms with Crippen LogP contribution < -0.4 is 5.32 Å². The summed E-state index contributed by atoms with van der Waals surface area (Å²) < 4.78 is 4.07. The highest BCUT2D eigenvalue weighted by Crippen LogP contribution is 2.16. The minimum Gasteiger partial charge on any atom is -0.348 e. The first-order valence-corrected chi connectivity index (χ1v) is 8.55. The molecular formula is C21H20N4O. The van der Waals surface area contributed by atoms with Gasteiger partial charge in [-0.05, 0) is 61.0 Å². The molecule has 0 atom stereocenters. The molecule has 0 fully saturated rings. The third-order valence-corrected chi connectivity index (χ3v) is 4.65. The van der Waals surface area contributed by atoms with Crippen molar-refractivity contribution in [2.45, 2.75) is 13.5 Å². The maximum absolute atomic E-state index is 12.4. The molecule has 2 heterocycles. The summed E-state index contributed by atoms with van der Waals surface area (Å²) in [6, 6.07) is 17.6. The van der Waals surface area contributed by atoms with Crippen LogP contribution in [-0.4, -0.2) is 20.0 Å². The summed E-state index contributed by atoms with van der Waals surface area (Å²) in [7, 11) is 2.00. The molecule has 0 aliphatic heterocycles. The summed E-state index contributed by atoms with van der Waals surface area (Å²) in [6.07, 6.45) is 3.95. The van der Waals surface area contributed by atoms with Gasteiger partial charge in [0.2, 0.25) is 0 Å². The Balaban J connectivity index is 1.45. The molecular weight excluding hydrogens is 324 g/mol. The Morgan fingerprint density at radius 1 is 1.08 bits per heavy atom. The standard InChI is InChI=1S/C21H20N4O/c1-15-23-19-13-16(5-10-20(19)24(15)2)14-22-21(26)17-6-8-18(9-7-17)25-11-3-4-12-25/h3-13H,14H2,1-2H3,(H,22,26). The SMILES string of the molecule is Cc1nc2cc(CNC(=O)c3ccc(-n4cccc4)cc3)ccc2n1C. The summed E-state index contributed by atoms with van der Waals surface area (Å²) in [4.78, 5) is 16.9. The van der Waals surface area contributed by atoms with Crippen molar-refractivity contribution in [3.63, 3.8) is 0 Å². The largest absolute Gasteiger partial charge is 0.348 e. The van der Waals surface area contributed by atoms with Gasteiger partial charge in [0.15, 0.2) is 0 Å². The zero-order chi connectivity index (χ0) is 18.1. The van der Waals surface area contributed by atoms with Crippen LogP contribution in [0.1, 0.15) is 21.7 Å². The lowest BCUT2D eigenvalue weighted by Gasteiger charge is -2.07. The average Bonchev–Trinajstić information content (AvgIpc) is 3.29. The number of hydrogen-bond acceptors (Lipinski definition) is 2. The van der Waals surface area contributed by atoms with E-state index in [4.69, 9.17) is 0 Å². The number of carbonyl (C=O) groups is 1. The van der Waals surface area contributed by atoms with E-state index < -0.39 is 0 Å². The summed E-state index contributed by atoms with van der Waals surface area (Å²) in [5.74, 6) is 0.894. The Kier molecular flexibility index (Phi) is 4.05. The molecule has 1 N–H and O–H groups in total. The zero-order valence-corrected chi connectivity index (χ0v) is 14.8. The molecule has 4 rings (SSSR count). The number of nitrogens with zero attached hydrogens (tertiary/aromatic N) is 3. The maximum Gasteiger partial charge on any atom is 0.251 e. The quantitative estimate of drug-likeness (QED) is 0.615. The van der Waals surface area contributed by atoms with Gasteiger partial charge in [0.05, 0.1) is 11.0 Å². The van der Waals surface area contributed by atoms with Crippen molar-refractivity contribution >= 4 is 16.9 Å². The lowest BCUT2D eigenvalue weighted by atomic mass is 10.1. The highest BCUT2D eigenvalue weighted by molar-refractivity contribution is 5.94. The fraction of sp³-hybridized carbons (Fsp3) is 0.143. The molecule has 26 heavy (non-hydrogen) atoms. The molecule has 1 amide bonds. The Hall–Kier alpha value is -3.34. The van der Waals surface area contributed by atoms with Crippen molar-refractivity contribution in [1.29, 1.82) is 0 Å². The molecule has 0 aliphatic rings. The van der Waals surface area contributed by atoms with Gasteiger partial charge in [-0.2, -0.15) is 0 Å². The zero-order valence-electron chi connectivity index (χ0n) is 14.8. The molecule has 0 aliphatic carbocycles. The van der Waals surface area contributed by atoms with Crippen molar-refractivity contribution in [3.05, 3.63) is 83.9 Å². The van der Waals surface area contributed by atoms with Gasteiger partial charge < -0.3 is 14.5 Å². The van der Waals surface area contributed by atoms with Gasteiger partial charge >= 0.3 is 0 Å². The van der Waals surface area contributed by atoms with E-state index in [0.29, 0.717) is 12.1 Å². The molecule has 5 heteroatoms. The second-order valence-electron chi connectivity index (χ2n) is 6.36. The number of hydrogen-bond donors (Lipinski definition) is 1. The average molecular weight is 344 g/mol. The van der Waals surface area contributed by atoms with Crippen LogP contribution in [0, 0.1) is 6.92 Å². The van der Waals surface area contributed by atoms with E-state index in [-0.39, 0.29) is 5.91 Å². The monoisotopic (exact) mass is 344 g/mol. The number of amides is 1. The van der Waals surface area contributed by atoms with E-state index in [1.807, 2.05) is 85.5 Å². The van der Waals surface area contributed by atoms with E-state index in [0.717, 1.165) is 28.1 Å². The Labute approximate surface area is 151 Å². The fourth-order valence-corrected chi connectivity index (χ4v) is 3.05. The van der Waals surface area contributed by atoms with E-state index in [9.17, 15) is 4.79 Å². The molecule has 130 valence electrons. The van der Waals surface area contributed by atoms with Crippen molar-refractivity contribution in [1.82, 2.24) is 19.4 Å². The van der Waals surface area contributed by atoms with Crippen LogP contribution in [0.3, 0.4) is 0 Å². The highest BCUT2D eigenvalue weighted by atomic mass is 16.1. The lowest BCUT2D eigenvalue weighted by molar-refractivity contribution is 0.0951. The number of carbonyl (C=O) groups excluding carboxylic acids is 1. The number of nitrogens with one attached hydrogen (secondary N) is 1. The molecule has 0 spiro atoms. The number of benzene rings is 2. The van der Waals surface area contributed by atoms with Crippen LogP contribution in [0.15, 0.2) is 67.0 Å². The van der Waals surface area contributed by atoms with E-state index in [2.05, 4.69) is 14.9 Å². The van der Waals surface area contributed by atoms with E-state index in [1.54, 1.807) is 0 Å². The molecule has 2 aromatic carbocycles. The summed E-state index contributed by atoms with van der Waals surface area (Å²) in [5, 5.41) is 2.98. The third-order valence-electron chi connectivity index (χ3n) is 4.65. The van der Waals surface area contributed by atoms with Gasteiger partial charge in [0.1, 0.15) is 5.82 Å². The van der Waals surface area contributed by atoms with Crippen LogP contribution in [0.4, 0.5) is 0 Å². The van der Waals surface area contributed by atoms with Gasteiger partial charge in [-0.25, -0.2) is 4.98 Å². The van der Waals surface area contributed by atoms with Crippen molar-refractivity contribution in [3.8, 4) is 5.69 Å². The predicted octanol–water partition coefficient (Wildman–Crippen LogP) is 3.60. The smallest absolute Gasteiger partial charge is 0.251 e. The van der Waals surface area contributed by atoms with E-state index in [1.165, 1.54) is 0 Å². The summed E-state index contributed by atoms with van der Waals surface area (Å²) in [5.41, 5.74) is 4.76. The number of aromatic nitrogens is 3. The van der Waals surface area contributed by atoms with Crippen LogP contribution in [-0.2, 0) is 13.6 Å². The molecule has 0 radical (unpaired) electrons. The minimum atomic E-state index is -0.0821. The van der Waals surface area contributed by atoms with Gasteiger partial charge in [-0.15, -0.1) is 0 Å². The third kappa shape index (κ3) is 2.99. The van der Waals surface area contributed by atoms with Crippen LogP contribution >= 0.6 is 0 Å². The number of fused-ring (bicyclic) bond motifs is 1. The second kappa shape index (κ2) is 6.52. The first-order valence-electron chi connectivity index (χ1n) is 8.55. The van der Waals surface area contributed by atoms with Crippen LogP contribution in [0.5, 0.6) is 0 Å². The molecule has 2 aromatic heterocycles. The van der Waals surface area contributed by atoms with Crippen molar-refractivity contribution < 1.29 is 4.79 Å². The molecule has 4 aromatic rings. The molecule has 0 saturated heterocycles. The van der Waals surface area contributed by atoms with Crippen LogP contribution in [0.25, 0.3) is 16.7 Å². The van der Waals surface area contributed by atoms with Crippen molar-refractivity contribution in [2.75, 3.05) is 0 Å². The lowest BCUT2D eigenvalue weighted by Crippen LogP contribution is -2.22. The predicted molar refractivity (Wildman–Crippen MR) is 102 cm³/mol. The Morgan fingerprint density at radius 3 is 2.54 bits per heavy atom. The topological polar surface area (TPSA) is 51.9 Å².